The molecule has 5 nitrogen and oxygen atoms in total. The maximum atomic E-state index is 11.9. The number of ketones is 1. The Morgan fingerprint density at radius 3 is 2.32 bits per heavy atom. The summed E-state index contributed by atoms with van der Waals surface area (Å²) in [6.45, 7) is 0. The van der Waals surface area contributed by atoms with E-state index in [9.17, 15) is 20.1 Å². The van der Waals surface area contributed by atoms with E-state index in [-0.39, 0.29) is 17.3 Å². The number of hydrogen-bond acceptors (Lipinski definition) is 5. The van der Waals surface area contributed by atoms with Crippen LogP contribution in [0.25, 0.3) is 6.08 Å². The van der Waals surface area contributed by atoms with Crippen molar-refractivity contribution in [3.05, 3.63) is 29.8 Å². The lowest BCUT2D eigenvalue weighted by atomic mass is 9.97. The predicted molar refractivity (Wildman–Crippen MR) is 68.6 cm³/mol. The van der Waals surface area contributed by atoms with E-state index < -0.39 is 18.1 Å². The number of allylic oxidation sites excluding steroid dienone is 1. The van der Waals surface area contributed by atoms with Crippen molar-refractivity contribution in [1.29, 1.82) is 0 Å². The summed E-state index contributed by atoms with van der Waals surface area (Å²) in [5, 5.41) is 37.7. The van der Waals surface area contributed by atoms with Crippen molar-refractivity contribution in [3.63, 3.8) is 0 Å². The highest BCUT2D eigenvalue weighted by Gasteiger charge is 2.37. The lowest BCUT2D eigenvalue weighted by Gasteiger charge is -2.14. The fraction of sp³-hybridized carbons (Fsp3) is 0.357. The first kappa shape index (κ1) is 13.6. The summed E-state index contributed by atoms with van der Waals surface area (Å²) < 4.78 is 0. The first-order chi connectivity index (χ1) is 8.99. The SMILES string of the molecule is O=C(/C=C/c1ccc(O)c(O)c1)C1C(O)CCC1O. The maximum absolute atomic E-state index is 11.9. The van der Waals surface area contributed by atoms with Gasteiger partial charge in [-0.2, -0.15) is 0 Å². The minimum absolute atomic E-state index is 0.231. The van der Waals surface area contributed by atoms with Gasteiger partial charge in [0.25, 0.3) is 0 Å². The zero-order valence-electron chi connectivity index (χ0n) is 10.2. The van der Waals surface area contributed by atoms with Gasteiger partial charge in [-0.15, -0.1) is 0 Å². The molecular formula is C14H16O5. The molecule has 102 valence electrons. The van der Waals surface area contributed by atoms with Crippen LogP contribution in [-0.4, -0.2) is 38.4 Å². The van der Waals surface area contributed by atoms with Crippen molar-refractivity contribution in [3.8, 4) is 11.5 Å². The summed E-state index contributed by atoms with van der Waals surface area (Å²) in [6, 6.07) is 4.18. The molecule has 2 atom stereocenters. The van der Waals surface area contributed by atoms with Crippen LogP contribution in [0.5, 0.6) is 11.5 Å². The van der Waals surface area contributed by atoms with E-state index in [4.69, 9.17) is 5.11 Å². The normalized spacial score (nSPS) is 26.9. The highest BCUT2D eigenvalue weighted by atomic mass is 16.3. The van der Waals surface area contributed by atoms with Gasteiger partial charge in [0.1, 0.15) is 0 Å². The maximum Gasteiger partial charge on any atom is 0.163 e. The van der Waals surface area contributed by atoms with Crippen LogP contribution in [0.2, 0.25) is 0 Å². The number of phenolic OH excluding ortho intramolecular Hbond substituents is 2. The Balaban J connectivity index is 2.09. The van der Waals surface area contributed by atoms with E-state index in [0.29, 0.717) is 18.4 Å². The number of aliphatic hydroxyl groups is 2. The van der Waals surface area contributed by atoms with Crippen molar-refractivity contribution >= 4 is 11.9 Å². The van der Waals surface area contributed by atoms with E-state index in [1.165, 1.54) is 24.3 Å². The molecular weight excluding hydrogens is 248 g/mol. The monoisotopic (exact) mass is 264 g/mol. The van der Waals surface area contributed by atoms with Crippen LogP contribution in [0, 0.1) is 5.92 Å². The zero-order valence-corrected chi connectivity index (χ0v) is 10.2. The topological polar surface area (TPSA) is 98.0 Å². The van der Waals surface area contributed by atoms with Gasteiger partial charge in [-0.3, -0.25) is 4.79 Å². The van der Waals surface area contributed by atoms with Crippen molar-refractivity contribution in [1.82, 2.24) is 0 Å². The molecule has 0 amide bonds. The molecule has 1 aliphatic rings. The molecule has 1 aromatic carbocycles. The number of aliphatic hydroxyl groups excluding tert-OH is 2. The van der Waals surface area contributed by atoms with Crippen molar-refractivity contribution in [2.24, 2.45) is 5.92 Å². The van der Waals surface area contributed by atoms with Gasteiger partial charge < -0.3 is 20.4 Å². The molecule has 2 unspecified atom stereocenters. The summed E-state index contributed by atoms with van der Waals surface area (Å²) in [7, 11) is 0. The molecule has 0 radical (unpaired) electrons. The second kappa shape index (κ2) is 5.42. The van der Waals surface area contributed by atoms with Crippen LogP contribution < -0.4 is 0 Å². The standard InChI is InChI=1S/C14H16O5/c15-9-3-1-8(7-13(9)19)2-4-10(16)14-11(17)5-6-12(14)18/h1-4,7,11-12,14-15,17-19H,5-6H2/b4-2+. The summed E-state index contributed by atoms with van der Waals surface area (Å²) in [4.78, 5) is 11.9. The molecule has 0 spiro atoms. The van der Waals surface area contributed by atoms with Gasteiger partial charge in [-0.05, 0) is 36.6 Å². The molecule has 0 saturated heterocycles. The van der Waals surface area contributed by atoms with E-state index in [1.807, 2.05) is 0 Å². The van der Waals surface area contributed by atoms with Gasteiger partial charge in [0.05, 0.1) is 18.1 Å². The molecule has 0 aromatic heterocycles. The van der Waals surface area contributed by atoms with E-state index in [1.54, 1.807) is 6.07 Å². The Hall–Kier alpha value is -1.85. The van der Waals surface area contributed by atoms with E-state index in [2.05, 4.69) is 0 Å². The third-order valence-corrected chi connectivity index (χ3v) is 3.36. The van der Waals surface area contributed by atoms with Crippen LogP contribution >= 0.6 is 0 Å². The molecule has 0 aliphatic heterocycles. The minimum atomic E-state index is -0.805. The van der Waals surface area contributed by atoms with Crippen molar-refractivity contribution < 1.29 is 25.2 Å². The van der Waals surface area contributed by atoms with Gasteiger partial charge in [-0.1, -0.05) is 12.1 Å². The molecule has 1 aromatic rings. The quantitative estimate of drug-likeness (QED) is 0.478. The molecule has 0 bridgehead atoms. The van der Waals surface area contributed by atoms with Crippen LogP contribution in [0.1, 0.15) is 18.4 Å². The lowest BCUT2D eigenvalue weighted by molar-refractivity contribution is -0.123. The fourth-order valence-corrected chi connectivity index (χ4v) is 2.27. The van der Waals surface area contributed by atoms with E-state index >= 15 is 0 Å². The molecule has 0 heterocycles. The van der Waals surface area contributed by atoms with Gasteiger partial charge >= 0.3 is 0 Å². The first-order valence-electron chi connectivity index (χ1n) is 6.09. The average molecular weight is 264 g/mol. The third kappa shape index (κ3) is 2.94. The summed E-state index contributed by atoms with van der Waals surface area (Å²) >= 11 is 0. The van der Waals surface area contributed by atoms with Crippen LogP contribution in [0.3, 0.4) is 0 Å². The molecule has 2 rings (SSSR count). The Morgan fingerprint density at radius 2 is 1.74 bits per heavy atom. The highest BCUT2D eigenvalue weighted by Crippen LogP contribution is 2.28. The number of carbonyl (C=O) groups excluding carboxylic acids is 1. The second-order valence-corrected chi connectivity index (χ2v) is 4.72. The molecule has 1 saturated carbocycles. The Bertz CT molecular complexity index is 499. The number of rotatable bonds is 3. The number of hydrogen-bond donors (Lipinski definition) is 4. The molecule has 4 N–H and O–H groups in total. The van der Waals surface area contributed by atoms with Gasteiger partial charge in [0.15, 0.2) is 17.3 Å². The lowest BCUT2D eigenvalue weighted by Crippen LogP contribution is -2.29. The minimum Gasteiger partial charge on any atom is -0.504 e. The zero-order chi connectivity index (χ0) is 14.0. The Morgan fingerprint density at radius 1 is 1.11 bits per heavy atom. The summed E-state index contributed by atoms with van der Waals surface area (Å²) in [6.07, 6.45) is 1.98. The molecule has 19 heavy (non-hydrogen) atoms. The van der Waals surface area contributed by atoms with Gasteiger partial charge in [0.2, 0.25) is 0 Å². The number of benzene rings is 1. The first-order valence-corrected chi connectivity index (χ1v) is 6.09. The van der Waals surface area contributed by atoms with E-state index in [0.717, 1.165) is 0 Å². The van der Waals surface area contributed by atoms with Gasteiger partial charge in [0, 0.05) is 0 Å². The third-order valence-electron chi connectivity index (χ3n) is 3.36. The second-order valence-electron chi connectivity index (χ2n) is 4.72. The van der Waals surface area contributed by atoms with Crippen LogP contribution in [0.4, 0.5) is 0 Å². The number of phenols is 2. The van der Waals surface area contributed by atoms with Crippen LogP contribution in [-0.2, 0) is 4.79 Å². The van der Waals surface area contributed by atoms with Crippen LogP contribution in [0.15, 0.2) is 24.3 Å². The smallest absolute Gasteiger partial charge is 0.163 e. The largest absolute Gasteiger partial charge is 0.504 e. The number of aromatic hydroxyl groups is 2. The van der Waals surface area contributed by atoms with Gasteiger partial charge in [-0.25, -0.2) is 0 Å². The molecule has 1 aliphatic carbocycles. The molecule has 5 heteroatoms. The Labute approximate surface area is 110 Å². The summed E-state index contributed by atoms with van der Waals surface area (Å²) in [5.74, 6) is -1.62. The fourth-order valence-electron chi connectivity index (χ4n) is 2.27. The van der Waals surface area contributed by atoms with Crippen molar-refractivity contribution in [2.45, 2.75) is 25.0 Å². The highest BCUT2D eigenvalue weighted by molar-refractivity contribution is 5.96. The van der Waals surface area contributed by atoms with Crippen molar-refractivity contribution in [2.75, 3.05) is 0 Å². The Kier molecular flexibility index (Phi) is 3.87. The number of carbonyl (C=O) groups is 1. The summed E-state index contributed by atoms with van der Waals surface area (Å²) in [5.41, 5.74) is 0.547. The average Bonchev–Trinajstić information content (AvgIpc) is 2.70. The molecule has 1 fully saturated rings. The predicted octanol–water partition coefficient (Wildman–Crippen LogP) is 0.812.